The van der Waals surface area contributed by atoms with Gasteiger partial charge in [0.1, 0.15) is 5.82 Å². The SMILES string of the molecule is Cc1nn(C2CCS(=O)(=O)C2)c(C)c1C1CC(=O)Nc2c1cnn2C. The second-order valence-corrected chi connectivity index (χ2v) is 9.19. The number of aryl methyl sites for hydroxylation is 2. The molecule has 1 amide bonds. The van der Waals surface area contributed by atoms with Crippen molar-refractivity contribution in [2.24, 2.45) is 7.05 Å². The minimum absolute atomic E-state index is 0.0453. The Morgan fingerprint density at radius 3 is 2.76 bits per heavy atom. The summed E-state index contributed by atoms with van der Waals surface area (Å²) in [6, 6.07) is -0.122. The molecule has 2 aliphatic rings. The summed E-state index contributed by atoms with van der Waals surface area (Å²) in [5.74, 6) is 0.915. The highest BCUT2D eigenvalue weighted by Crippen LogP contribution is 2.40. The van der Waals surface area contributed by atoms with Gasteiger partial charge >= 0.3 is 0 Å². The monoisotopic (exact) mass is 363 g/mol. The summed E-state index contributed by atoms with van der Waals surface area (Å²) >= 11 is 0. The maximum atomic E-state index is 12.2. The number of aromatic nitrogens is 4. The van der Waals surface area contributed by atoms with Crippen LogP contribution in [-0.4, -0.2) is 45.4 Å². The fourth-order valence-corrected chi connectivity index (χ4v) is 5.79. The van der Waals surface area contributed by atoms with Gasteiger partial charge in [0, 0.05) is 36.2 Å². The highest BCUT2D eigenvalue weighted by Gasteiger charge is 2.36. The van der Waals surface area contributed by atoms with Gasteiger partial charge in [-0.25, -0.2) is 8.42 Å². The van der Waals surface area contributed by atoms with E-state index < -0.39 is 9.84 Å². The fraction of sp³-hybridized carbons (Fsp3) is 0.562. The second-order valence-electron chi connectivity index (χ2n) is 6.96. The number of hydrogen-bond donors (Lipinski definition) is 1. The summed E-state index contributed by atoms with van der Waals surface area (Å²) in [4.78, 5) is 12.2. The van der Waals surface area contributed by atoms with Crippen LogP contribution in [0, 0.1) is 13.8 Å². The van der Waals surface area contributed by atoms with Gasteiger partial charge in [-0.3, -0.25) is 14.2 Å². The zero-order valence-corrected chi connectivity index (χ0v) is 15.3. The molecule has 2 atom stereocenters. The number of nitrogens with one attached hydrogen (secondary N) is 1. The Kier molecular flexibility index (Phi) is 3.54. The third-order valence-electron chi connectivity index (χ3n) is 5.27. The molecule has 25 heavy (non-hydrogen) atoms. The van der Waals surface area contributed by atoms with E-state index in [1.807, 2.05) is 18.5 Å². The van der Waals surface area contributed by atoms with Crippen LogP contribution < -0.4 is 5.32 Å². The molecule has 1 N–H and O–H groups in total. The number of fused-ring (bicyclic) bond motifs is 1. The van der Waals surface area contributed by atoms with Gasteiger partial charge in [0.05, 0.1) is 29.4 Å². The summed E-state index contributed by atoms with van der Waals surface area (Å²) in [6.45, 7) is 3.88. The normalized spacial score (nSPS) is 25.0. The van der Waals surface area contributed by atoms with Gasteiger partial charge in [-0.05, 0) is 20.3 Å². The lowest BCUT2D eigenvalue weighted by Gasteiger charge is -2.23. The molecule has 8 nitrogen and oxygen atoms in total. The van der Waals surface area contributed by atoms with Gasteiger partial charge in [-0.2, -0.15) is 10.2 Å². The van der Waals surface area contributed by atoms with Crippen molar-refractivity contribution in [2.75, 3.05) is 16.8 Å². The first-order valence-corrected chi connectivity index (χ1v) is 10.2. The predicted octanol–water partition coefficient (Wildman–Crippen LogP) is 1.07. The number of amides is 1. The molecule has 0 aromatic carbocycles. The van der Waals surface area contributed by atoms with Crippen molar-refractivity contribution < 1.29 is 13.2 Å². The van der Waals surface area contributed by atoms with Crippen LogP contribution in [0.2, 0.25) is 0 Å². The smallest absolute Gasteiger partial charge is 0.226 e. The molecule has 134 valence electrons. The summed E-state index contributed by atoms with van der Waals surface area (Å²) in [5.41, 5.74) is 3.77. The molecule has 9 heteroatoms. The Morgan fingerprint density at radius 2 is 2.08 bits per heavy atom. The van der Waals surface area contributed by atoms with Crippen LogP contribution in [0.5, 0.6) is 0 Å². The molecule has 2 unspecified atom stereocenters. The van der Waals surface area contributed by atoms with E-state index in [4.69, 9.17) is 0 Å². The van der Waals surface area contributed by atoms with Gasteiger partial charge < -0.3 is 5.32 Å². The molecular weight excluding hydrogens is 342 g/mol. The number of anilines is 1. The van der Waals surface area contributed by atoms with Gasteiger partial charge in [-0.15, -0.1) is 0 Å². The number of carbonyl (C=O) groups excluding carboxylic acids is 1. The van der Waals surface area contributed by atoms with Crippen molar-refractivity contribution in [3.8, 4) is 0 Å². The third-order valence-corrected chi connectivity index (χ3v) is 7.02. The first-order valence-electron chi connectivity index (χ1n) is 8.34. The highest BCUT2D eigenvalue weighted by molar-refractivity contribution is 7.91. The third kappa shape index (κ3) is 2.57. The summed E-state index contributed by atoms with van der Waals surface area (Å²) in [5, 5.41) is 11.8. The van der Waals surface area contributed by atoms with Crippen LogP contribution in [0.1, 0.15) is 47.3 Å². The van der Waals surface area contributed by atoms with E-state index >= 15 is 0 Å². The lowest BCUT2D eigenvalue weighted by molar-refractivity contribution is -0.116. The van der Waals surface area contributed by atoms with Crippen LogP contribution in [0.15, 0.2) is 6.20 Å². The van der Waals surface area contributed by atoms with Crippen LogP contribution in [0.3, 0.4) is 0 Å². The van der Waals surface area contributed by atoms with Crippen molar-refractivity contribution in [3.05, 3.63) is 28.7 Å². The Hall–Kier alpha value is -2.16. The fourth-order valence-electron chi connectivity index (χ4n) is 4.10. The van der Waals surface area contributed by atoms with Crippen molar-refractivity contribution >= 4 is 21.6 Å². The molecule has 0 aliphatic carbocycles. The Labute approximate surface area is 146 Å². The van der Waals surface area contributed by atoms with Crippen molar-refractivity contribution in [1.29, 1.82) is 0 Å². The summed E-state index contributed by atoms with van der Waals surface area (Å²) in [7, 11) is -1.18. The Bertz CT molecular complexity index is 972. The lowest BCUT2D eigenvalue weighted by Crippen LogP contribution is -2.25. The minimum Gasteiger partial charge on any atom is -0.311 e. The molecule has 1 fully saturated rings. The van der Waals surface area contributed by atoms with Crippen molar-refractivity contribution in [2.45, 2.75) is 38.6 Å². The maximum Gasteiger partial charge on any atom is 0.226 e. The quantitative estimate of drug-likeness (QED) is 0.860. The average molecular weight is 363 g/mol. The highest BCUT2D eigenvalue weighted by atomic mass is 32.2. The Balaban J connectivity index is 1.78. The van der Waals surface area contributed by atoms with Gasteiger partial charge in [0.2, 0.25) is 5.91 Å². The van der Waals surface area contributed by atoms with Crippen LogP contribution in [0.4, 0.5) is 5.82 Å². The van der Waals surface area contributed by atoms with Gasteiger partial charge in [0.25, 0.3) is 0 Å². The first kappa shape index (κ1) is 16.3. The Morgan fingerprint density at radius 1 is 1.32 bits per heavy atom. The molecule has 1 saturated heterocycles. The lowest BCUT2D eigenvalue weighted by atomic mass is 9.86. The average Bonchev–Trinajstić information content (AvgIpc) is 3.16. The molecular formula is C16H21N5O3S. The van der Waals surface area contributed by atoms with Crippen molar-refractivity contribution in [1.82, 2.24) is 19.6 Å². The van der Waals surface area contributed by atoms with E-state index in [9.17, 15) is 13.2 Å². The summed E-state index contributed by atoms with van der Waals surface area (Å²) < 4.78 is 27.2. The van der Waals surface area contributed by atoms with Crippen molar-refractivity contribution in [3.63, 3.8) is 0 Å². The van der Waals surface area contributed by atoms with E-state index in [-0.39, 0.29) is 29.4 Å². The molecule has 0 saturated carbocycles. The van der Waals surface area contributed by atoms with E-state index in [0.717, 1.165) is 28.3 Å². The number of rotatable bonds is 2. The maximum absolute atomic E-state index is 12.2. The molecule has 4 heterocycles. The van der Waals surface area contributed by atoms with E-state index in [1.165, 1.54) is 0 Å². The summed E-state index contributed by atoms with van der Waals surface area (Å²) in [6.07, 6.45) is 2.72. The molecule has 4 rings (SSSR count). The molecule has 0 bridgehead atoms. The minimum atomic E-state index is -2.98. The van der Waals surface area contributed by atoms with Crippen LogP contribution in [0.25, 0.3) is 0 Å². The van der Waals surface area contributed by atoms with E-state index in [1.54, 1.807) is 17.9 Å². The predicted molar refractivity (Wildman–Crippen MR) is 92.3 cm³/mol. The second kappa shape index (κ2) is 5.42. The zero-order valence-electron chi connectivity index (χ0n) is 14.5. The van der Waals surface area contributed by atoms with Crippen LogP contribution in [-0.2, 0) is 21.7 Å². The molecule has 0 spiro atoms. The zero-order chi connectivity index (χ0) is 17.9. The number of carbonyl (C=O) groups is 1. The molecule has 2 aliphatic heterocycles. The largest absolute Gasteiger partial charge is 0.311 e. The first-order chi connectivity index (χ1) is 11.8. The van der Waals surface area contributed by atoms with E-state index in [0.29, 0.717) is 12.8 Å². The number of nitrogens with zero attached hydrogens (tertiary/aromatic N) is 4. The topological polar surface area (TPSA) is 98.9 Å². The molecule has 2 aromatic rings. The van der Waals surface area contributed by atoms with E-state index in [2.05, 4.69) is 15.5 Å². The molecule has 0 radical (unpaired) electrons. The van der Waals surface area contributed by atoms with Crippen LogP contribution >= 0.6 is 0 Å². The number of sulfone groups is 1. The molecule has 2 aromatic heterocycles. The standard InChI is InChI=1S/C16H21N5O3S/c1-9-15(10(2)21(19-9)11-4-5-25(23,24)8-11)12-6-14(22)18-16-13(12)7-17-20(16)3/h7,11-12H,4-6,8H2,1-3H3,(H,18,22). The number of hydrogen-bond acceptors (Lipinski definition) is 5. The van der Waals surface area contributed by atoms with Gasteiger partial charge in [0.15, 0.2) is 9.84 Å². The van der Waals surface area contributed by atoms with Gasteiger partial charge in [-0.1, -0.05) is 0 Å².